The lowest BCUT2D eigenvalue weighted by atomic mass is 10.1. The highest BCUT2D eigenvalue weighted by atomic mass is 35.5. The smallest absolute Gasteiger partial charge is 0.399 e. The molecule has 0 fully saturated rings. The summed E-state index contributed by atoms with van der Waals surface area (Å²) < 4.78 is 73.2. The van der Waals surface area contributed by atoms with Gasteiger partial charge in [0.15, 0.2) is 37.4 Å². The van der Waals surface area contributed by atoms with Crippen LogP contribution in [0.2, 0.25) is 19.6 Å². The number of rotatable bonds is 4. The molecule has 14 heteroatoms. The number of nitrogens with zero attached hydrogens (tertiary/aromatic N) is 1. The molecule has 0 spiro atoms. The monoisotopic (exact) mass is 555 g/mol. The SMILES string of the molecule is C[Si](C)(C)OC(C#N)c1ccc2c(c1)OC(F)(F)O2.ClCCl.O=Cc1ccc2c(c1)OC(F)(F)O2. The summed E-state index contributed by atoms with van der Waals surface area (Å²) in [6.45, 7) is 5.83. The summed E-state index contributed by atoms with van der Waals surface area (Å²) in [6.07, 6.45) is -7.53. The van der Waals surface area contributed by atoms with Crippen molar-refractivity contribution in [2.45, 2.75) is 38.3 Å². The van der Waals surface area contributed by atoms with Gasteiger partial charge >= 0.3 is 12.6 Å². The average Bonchev–Trinajstić information content (AvgIpc) is 3.23. The molecule has 0 saturated carbocycles. The second-order valence-corrected chi connectivity index (χ2v) is 13.0. The molecule has 0 aromatic heterocycles. The Morgan fingerprint density at radius 2 is 1.40 bits per heavy atom. The van der Waals surface area contributed by atoms with Crippen molar-refractivity contribution in [2.24, 2.45) is 0 Å². The molecule has 0 saturated heterocycles. The molecule has 4 rings (SSSR count). The third-order valence-electron chi connectivity index (χ3n) is 3.88. The number of carbonyl (C=O) groups excluding carboxylic acids is 1. The zero-order valence-corrected chi connectivity index (χ0v) is 21.0. The first-order chi connectivity index (χ1) is 16.2. The van der Waals surface area contributed by atoms with E-state index < -0.39 is 27.0 Å². The fourth-order valence-corrected chi connectivity index (χ4v) is 3.59. The van der Waals surface area contributed by atoms with E-state index in [1.165, 1.54) is 36.4 Å². The zero-order valence-electron chi connectivity index (χ0n) is 18.5. The molecule has 2 aliphatic rings. The number of nitriles is 1. The van der Waals surface area contributed by atoms with E-state index in [-0.39, 0.29) is 33.9 Å². The number of alkyl halides is 6. The van der Waals surface area contributed by atoms with Crippen molar-refractivity contribution in [1.82, 2.24) is 0 Å². The molecule has 2 heterocycles. The Hall–Kier alpha value is -2.72. The topological polar surface area (TPSA) is 87.0 Å². The summed E-state index contributed by atoms with van der Waals surface area (Å²) in [6, 6.07) is 10.1. The van der Waals surface area contributed by atoms with Gasteiger partial charge in [-0.25, -0.2) is 0 Å². The number of halogens is 6. The van der Waals surface area contributed by atoms with Gasteiger partial charge in [0, 0.05) is 5.56 Å². The van der Waals surface area contributed by atoms with Gasteiger partial charge in [0.1, 0.15) is 6.29 Å². The van der Waals surface area contributed by atoms with Crippen LogP contribution in [0.3, 0.4) is 0 Å². The number of aldehydes is 1. The van der Waals surface area contributed by atoms with E-state index in [2.05, 4.69) is 18.9 Å². The van der Waals surface area contributed by atoms with Crippen LogP contribution in [0.15, 0.2) is 36.4 Å². The maximum absolute atomic E-state index is 12.9. The molecule has 35 heavy (non-hydrogen) atoms. The highest BCUT2D eigenvalue weighted by Gasteiger charge is 2.44. The van der Waals surface area contributed by atoms with Gasteiger partial charge in [-0.15, -0.1) is 40.8 Å². The minimum atomic E-state index is -3.65. The molecular weight excluding hydrogens is 537 g/mol. The Morgan fingerprint density at radius 1 is 0.943 bits per heavy atom. The molecule has 7 nitrogen and oxygen atoms in total. The molecule has 0 bridgehead atoms. The first-order valence-corrected chi connectivity index (χ1v) is 14.1. The van der Waals surface area contributed by atoms with Crippen molar-refractivity contribution in [2.75, 3.05) is 5.34 Å². The third kappa shape index (κ3) is 8.46. The van der Waals surface area contributed by atoms with E-state index in [9.17, 15) is 22.4 Å². The van der Waals surface area contributed by atoms with Crippen molar-refractivity contribution in [3.05, 3.63) is 47.5 Å². The third-order valence-corrected chi connectivity index (χ3v) is 4.82. The average molecular weight is 556 g/mol. The van der Waals surface area contributed by atoms with Gasteiger partial charge in [0.25, 0.3) is 0 Å². The van der Waals surface area contributed by atoms with E-state index in [0.29, 0.717) is 11.8 Å². The summed E-state index contributed by atoms with van der Waals surface area (Å²) in [5, 5.41) is 9.32. The molecule has 0 N–H and O–H groups in total. The maximum atomic E-state index is 12.9. The summed E-state index contributed by atoms with van der Waals surface area (Å²) in [4.78, 5) is 10.3. The highest BCUT2D eigenvalue weighted by Crippen LogP contribution is 2.43. The highest BCUT2D eigenvalue weighted by molar-refractivity contribution is 6.69. The first kappa shape index (κ1) is 28.5. The minimum Gasteiger partial charge on any atom is -0.399 e. The molecule has 0 radical (unpaired) electrons. The predicted octanol–water partition coefficient (Wildman–Crippen LogP) is 6.67. The molecular formula is C21H19Cl2F4NO6Si. The second-order valence-electron chi connectivity index (χ2n) is 7.71. The van der Waals surface area contributed by atoms with Gasteiger partial charge in [-0.05, 0) is 55.5 Å². The largest absolute Gasteiger partial charge is 0.586 e. The zero-order chi connectivity index (χ0) is 26.4. The Balaban J connectivity index is 0.000000234. The molecule has 2 aromatic carbocycles. The van der Waals surface area contributed by atoms with Crippen molar-refractivity contribution >= 4 is 37.8 Å². The van der Waals surface area contributed by atoms with E-state index in [1.54, 1.807) is 0 Å². The van der Waals surface area contributed by atoms with Crippen LogP contribution in [-0.4, -0.2) is 32.5 Å². The number of fused-ring (bicyclic) bond motifs is 2. The number of hydrogen-bond donors (Lipinski definition) is 0. The lowest BCUT2D eigenvalue weighted by Crippen LogP contribution is -2.27. The first-order valence-electron chi connectivity index (χ1n) is 9.66. The standard InChI is InChI=1S/C12H13F2NO3Si.C8H4F2O3.CH2Cl2/c1-19(2,3)18-11(7-15)8-4-5-9-10(6-8)17-12(13,14)16-9;9-8(10)12-6-2-1-5(4-11)3-7(6)13-8;2-1-3/h4-6,11H,1-3H3;1-4H;1H2. The van der Waals surface area contributed by atoms with E-state index in [4.69, 9.17) is 32.9 Å². The fourth-order valence-electron chi connectivity index (χ4n) is 2.69. The molecule has 0 aliphatic carbocycles. The molecule has 1 atom stereocenters. The van der Waals surface area contributed by atoms with Crippen LogP contribution in [0.25, 0.3) is 0 Å². The van der Waals surface area contributed by atoms with Crippen LogP contribution < -0.4 is 18.9 Å². The number of benzene rings is 2. The lowest BCUT2D eigenvalue weighted by Gasteiger charge is -2.21. The number of carbonyl (C=O) groups is 1. The molecule has 190 valence electrons. The molecule has 2 aromatic rings. The van der Waals surface area contributed by atoms with Crippen molar-refractivity contribution in [1.29, 1.82) is 5.26 Å². The second kappa shape index (κ2) is 11.3. The number of ether oxygens (including phenoxy) is 4. The Bertz CT molecular complexity index is 1090. The van der Waals surface area contributed by atoms with E-state index in [0.717, 1.165) is 0 Å². The van der Waals surface area contributed by atoms with Crippen LogP contribution in [-0.2, 0) is 4.43 Å². The van der Waals surface area contributed by atoms with Gasteiger partial charge in [-0.3, -0.25) is 4.79 Å². The summed E-state index contributed by atoms with van der Waals surface area (Å²) in [5.41, 5.74) is 0.741. The Kier molecular flexibility index (Phi) is 9.24. The Labute approximate surface area is 209 Å². The Morgan fingerprint density at radius 3 is 1.86 bits per heavy atom. The quantitative estimate of drug-likeness (QED) is 0.180. The van der Waals surface area contributed by atoms with Gasteiger partial charge in [0.2, 0.25) is 0 Å². The van der Waals surface area contributed by atoms with Crippen LogP contribution in [0.4, 0.5) is 17.6 Å². The van der Waals surface area contributed by atoms with Crippen LogP contribution in [0, 0.1) is 11.3 Å². The predicted molar refractivity (Wildman–Crippen MR) is 120 cm³/mol. The summed E-state index contributed by atoms with van der Waals surface area (Å²) >= 11 is 9.53. The van der Waals surface area contributed by atoms with Gasteiger partial charge in [-0.1, -0.05) is 6.07 Å². The van der Waals surface area contributed by atoms with E-state index >= 15 is 0 Å². The number of hydrogen-bond acceptors (Lipinski definition) is 7. The lowest BCUT2D eigenvalue weighted by molar-refractivity contribution is -0.287. The van der Waals surface area contributed by atoms with Gasteiger partial charge in [0.05, 0.1) is 11.4 Å². The van der Waals surface area contributed by atoms with Crippen LogP contribution >= 0.6 is 23.2 Å². The fraction of sp³-hybridized carbons (Fsp3) is 0.333. The van der Waals surface area contributed by atoms with E-state index in [1.807, 2.05) is 25.7 Å². The summed E-state index contributed by atoms with van der Waals surface area (Å²) in [7, 11) is -1.92. The minimum absolute atomic E-state index is 0.0431. The molecule has 0 amide bonds. The maximum Gasteiger partial charge on any atom is 0.586 e. The van der Waals surface area contributed by atoms with Crippen molar-refractivity contribution in [3.63, 3.8) is 0 Å². The van der Waals surface area contributed by atoms with Gasteiger partial charge in [-0.2, -0.15) is 5.26 Å². The van der Waals surface area contributed by atoms with Crippen LogP contribution in [0.5, 0.6) is 23.0 Å². The van der Waals surface area contributed by atoms with Crippen molar-refractivity contribution < 1.29 is 45.7 Å². The molecule has 1 unspecified atom stereocenters. The summed E-state index contributed by atoms with van der Waals surface area (Å²) in [5.74, 6) is -0.300. The molecule has 2 aliphatic heterocycles. The van der Waals surface area contributed by atoms with Crippen LogP contribution in [0.1, 0.15) is 22.0 Å². The van der Waals surface area contributed by atoms with Gasteiger partial charge < -0.3 is 23.4 Å². The van der Waals surface area contributed by atoms with Crippen molar-refractivity contribution in [3.8, 4) is 29.1 Å². The normalized spacial score (nSPS) is 16.6.